The van der Waals surface area contributed by atoms with Gasteiger partial charge in [-0.05, 0) is 18.6 Å². The molecule has 0 unspecified atom stereocenters. The topological polar surface area (TPSA) is 43.7 Å². The lowest BCUT2D eigenvalue weighted by molar-refractivity contribution is -0.137. The zero-order valence-corrected chi connectivity index (χ0v) is 15.9. The minimum atomic E-state index is -4.43. The number of nitrogens with zero attached hydrogens (tertiary/aromatic N) is 2. The summed E-state index contributed by atoms with van der Waals surface area (Å²) in [5.74, 6) is 0.105. The molecule has 0 aliphatic rings. The minimum Gasteiger partial charge on any atom is -0.473 e. The number of hydrogen-bond acceptors (Lipinski definition) is 4. The Morgan fingerprint density at radius 2 is 1.72 bits per heavy atom. The molecule has 4 nitrogen and oxygen atoms in total. The molecule has 0 bridgehead atoms. The molecule has 0 saturated heterocycles. The van der Waals surface area contributed by atoms with E-state index in [0.717, 1.165) is 34.5 Å². The van der Waals surface area contributed by atoms with Crippen LogP contribution in [0.4, 0.5) is 13.2 Å². The summed E-state index contributed by atoms with van der Waals surface area (Å²) in [7, 11) is 1.47. The van der Waals surface area contributed by atoms with Gasteiger partial charge in [0.15, 0.2) is 0 Å². The molecule has 0 fully saturated rings. The summed E-state index contributed by atoms with van der Waals surface area (Å²) in [6.45, 7) is 2.11. The number of aromatic nitrogens is 1. The van der Waals surface area contributed by atoms with E-state index in [2.05, 4.69) is 10.1 Å². The van der Waals surface area contributed by atoms with Gasteiger partial charge in [-0.15, -0.1) is 0 Å². The van der Waals surface area contributed by atoms with Crippen molar-refractivity contribution in [2.75, 3.05) is 7.11 Å². The monoisotopic (exact) mass is 400 g/mol. The molecule has 29 heavy (non-hydrogen) atoms. The third-order valence-electron chi connectivity index (χ3n) is 4.22. The first-order valence-corrected chi connectivity index (χ1v) is 8.81. The summed E-state index contributed by atoms with van der Waals surface area (Å²) in [6.07, 6.45) is -3.68. The molecule has 0 aliphatic carbocycles. The lowest BCUT2D eigenvalue weighted by atomic mass is 9.97. The number of aryl methyl sites for hydroxylation is 1. The van der Waals surface area contributed by atoms with E-state index in [1.54, 1.807) is 0 Å². The van der Waals surface area contributed by atoms with Crippen LogP contribution in [-0.2, 0) is 17.6 Å². The number of ether oxygens (including phenoxy) is 1. The Hall–Kier alpha value is -3.35. The smallest absolute Gasteiger partial charge is 0.417 e. The van der Waals surface area contributed by atoms with Gasteiger partial charge in [0.05, 0.1) is 5.56 Å². The molecule has 2 aromatic carbocycles. The van der Waals surface area contributed by atoms with Crippen molar-refractivity contribution in [2.45, 2.75) is 19.7 Å². The standard InChI is InChI=1S/C22H19F3N2O2/c1-15-7-9-16(10-8-15)21(27-28-2)19-6-4-3-5-17(19)14-29-20-12-11-18(13-26-20)22(23,24)25/h3-13H,14H2,1-2H3/b27-21-. The molecule has 7 heteroatoms. The molecule has 0 atom stereocenters. The van der Waals surface area contributed by atoms with Crippen molar-refractivity contribution < 1.29 is 22.7 Å². The van der Waals surface area contributed by atoms with Crippen molar-refractivity contribution in [1.82, 2.24) is 4.98 Å². The van der Waals surface area contributed by atoms with Gasteiger partial charge >= 0.3 is 6.18 Å². The molecule has 0 spiro atoms. The number of rotatable bonds is 6. The van der Waals surface area contributed by atoms with E-state index < -0.39 is 11.7 Å². The van der Waals surface area contributed by atoms with Gasteiger partial charge in [0.25, 0.3) is 0 Å². The van der Waals surface area contributed by atoms with Crippen LogP contribution in [0, 0.1) is 6.92 Å². The Labute approximate surface area is 166 Å². The molecule has 3 aromatic rings. The number of alkyl halides is 3. The van der Waals surface area contributed by atoms with Crippen molar-refractivity contribution in [3.05, 3.63) is 94.7 Å². The highest BCUT2D eigenvalue weighted by atomic mass is 19.4. The van der Waals surface area contributed by atoms with E-state index in [9.17, 15) is 13.2 Å². The molecule has 0 N–H and O–H groups in total. The summed E-state index contributed by atoms with van der Waals surface area (Å²) in [5, 5.41) is 4.17. The Balaban J connectivity index is 1.84. The summed E-state index contributed by atoms with van der Waals surface area (Å²) < 4.78 is 43.6. The van der Waals surface area contributed by atoms with Crippen LogP contribution in [0.3, 0.4) is 0 Å². The summed E-state index contributed by atoms with van der Waals surface area (Å²) >= 11 is 0. The second-order valence-corrected chi connectivity index (χ2v) is 6.32. The van der Waals surface area contributed by atoms with Crippen LogP contribution in [0.15, 0.2) is 72.0 Å². The highest BCUT2D eigenvalue weighted by Crippen LogP contribution is 2.29. The second-order valence-electron chi connectivity index (χ2n) is 6.32. The maximum Gasteiger partial charge on any atom is 0.417 e. The third-order valence-corrected chi connectivity index (χ3v) is 4.22. The van der Waals surface area contributed by atoms with Gasteiger partial charge in [-0.3, -0.25) is 0 Å². The van der Waals surface area contributed by atoms with Crippen LogP contribution in [0.2, 0.25) is 0 Å². The SMILES string of the molecule is CO/N=C(/c1ccc(C)cc1)c1ccccc1COc1ccc(C(F)(F)F)cn1. The van der Waals surface area contributed by atoms with Crippen molar-refractivity contribution in [3.63, 3.8) is 0 Å². The highest BCUT2D eigenvalue weighted by molar-refractivity contribution is 6.13. The van der Waals surface area contributed by atoms with Gasteiger partial charge in [-0.2, -0.15) is 13.2 Å². The fraction of sp³-hybridized carbons (Fsp3) is 0.182. The van der Waals surface area contributed by atoms with Crippen molar-refractivity contribution in [1.29, 1.82) is 0 Å². The Bertz CT molecular complexity index is 982. The Morgan fingerprint density at radius 3 is 2.34 bits per heavy atom. The zero-order valence-electron chi connectivity index (χ0n) is 15.9. The number of hydrogen-bond donors (Lipinski definition) is 0. The highest BCUT2D eigenvalue weighted by Gasteiger charge is 2.30. The Morgan fingerprint density at radius 1 is 1.00 bits per heavy atom. The average Bonchev–Trinajstić information content (AvgIpc) is 2.71. The van der Waals surface area contributed by atoms with Gasteiger partial charge in [0, 0.05) is 23.4 Å². The fourth-order valence-corrected chi connectivity index (χ4v) is 2.72. The molecule has 1 aromatic heterocycles. The minimum absolute atomic E-state index is 0.105. The predicted molar refractivity (Wildman–Crippen MR) is 104 cm³/mol. The van der Waals surface area contributed by atoms with E-state index in [1.807, 2.05) is 55.5 Å². The predicted octanol–water partition coefficient (Wildman–Crippen LogP) is 5.39. The normalized spacial score (nSPS) is 12.0. The largest absolute Gasteiger partial charge is 0.473 e. The van der Waals surface area contributed by atoms with E-state index in [1.165, 1.54) is 13.2 Å². The molecular weight excluding hydrogens is 381 g/mol. The first-order chi connectivity index (χ1) is 13.9. The van der Waals surface area contributed by atoms with E-state index in [-0.39, 0.29) is 12.5 Å². The molecule has 1 heterocycles. The summed E-state index contributed by atoms with van der Waals surface area (Å²) in [5.41, 5.74) is 3.40. The molecule has 0 aliphatic heterocycles. The lowest BCUT2D eigenvalue weighted by Gasteiger charge is -2.13. The van der Waals surface area contributed by atoms with Crippen LogP contribution in [-0.4, -0.2) is 17.8 Å². The quantitative estimate of drug-likeness (QED) is 0.412. The van der Waals surface area contributed by atoms with Crippen LogP contribution in [0.1, 0.15) is 27.8 Å². The van der Waals surface area contributed by atoms with Gasteiger partial charge < -0.3 is 9.57 Å². The van der Waals surface area contributed by atoms with Crippen LogP contribution >= 0.6 is 0 Å². The maximum atomic E-state index is 12.7. The molecule has 0 amide bonds. The van der Waals surface area contributed by atoms with Crippen molar-refractivity contribution in [2.24, 2.45) is 5.16 Å². The molecule has 150 valence electrons. The van der Waals surface area contributed by atoms with E-state index >= 15 is 0 Å². The van der Waals surface area contributed by atoms with Gasteiger partial charge in [0.2, 0.25) is 5.88 Å². The molecule has 0 saturated carbocycles. The molecule has 3 rings (SSSR count). The number of halogens is 3. The summed E-state index contributed by atoms with van der Waals surface area (Å²) in [6, 6.07) is 17.5. The van der Waals surface area contributed by atoms with Crippen LogP contribution in [0.5, 0.6) is 5.88 Å². The number of benzene rings is 2. The first kappa shape index (κ1) is 20.4. The number of pyridine rings is 1. The van der Waals surface area contributed by atoms with E-state index in [0.29, 0.717) is 5.71 Å². The molecule has 0 radical (unpaired) electrons. The molecular formula is C22H19F3N2O2. The van der Waals surface area contributed by atoms with E-state index in [4.69, 9.17) is 9.57 Å². The van der Waals surface area contributed by atoms with Crippen LogP contribution < -0.4 is 4.74 Å². The van der Waals surface area contributed by atoms with Gasteiger partial charge in [-0.1, -0.05) is 59.3 Å². The third kappa shape index (κ3) is 5.13. The number of oxime groups is 1. The summed E-state index contributed by atoms with van der Waals surface area (Å²) in [4.78, 5) is 8.78. The first-order valence-electron chi connectivity index (χ1n) is 8.81. The fourth-order valence-electron chi connectivity index (χ4n) is 2.72. The Kier molecular flexibility index (Phi) is 6.16. The second kappa shape index (κ2) is 8.77. The van der Waals surface area contributed by atoms with Gasteiger partial charge in [-0.25, -0.2) is 4.98 Å². The van der Waals surface area contributed by atoms with Crippen molar-refractivity contribution in [3.8, 4) is 5.88 Å². The van der Waals surface area contributed by atoms with Crippen molar-refractivity contribution >= 4 is 5.71 Å². The van der Waals surface area contributed by atoms with Crippen LogP contribution in [0.25, 0.3) is 0 Å². The zero-order chi connectivity index (χ0) is 20.9. The van der Waals surface area contributed by atoms with Gasteiger partial charge in [0.1, 0.15) is 19.4 Å². The maximum absolute atomic E-state index is 12.7. The lowest BCUT2D eigenvalue weighted by Crippen LogP contribution is -2.10. The average molecular weight is 400 g/mol.